The lowest BCUT2D eigenvalue weighted by Crippen LogP contribution is -2.08. The van der Waals surface area contributed by atoms with Crippen LogP contribution in [0.25, 0.3) is 0 Å². The van der Waals surface area contributed by atoms with Crippen molar-refractivity contribution >= 4 is 29.3 Å². The molecule has 0 amide bonds. The van der Waals surface area contributed by atoms with E-state index in [2.05, 4.69) is 4.74 Å². The molecule has 0 aliphatic heterocycles. The molecular weight excluding hydrogens is 303 g/mol. The highest BCUT2D eigenvalue weighted by molar-refractivity contribution is 8.00. The summed E-state index contributed by atoms with van der Waals surface area (Å²) in [6, 6.07) is 3.91. The van der Waals surface area contributed by atoms with Crippen LogP contribution in [0.4, 0.5) is 13.2 Å². The number of carbonyl (C=O) groups excluding carboxylic acids is 1. The Kier molecular flexibility index (Phi) is 5.09. The highest BCUT2D eigenvalue weighted by atomic mass is 35.5. The summed E-state index contributed by atoms with van der Waals surface area (Å²) in [5.74, 6) is -1.11. The van der Waals surface area contributed by atoms with Gasteiger partial charge in [0, 0.05) is 10.8 Å². The van der Waals surface area contributed by atoms with Crippen LogP contribution in [0.5, 0.6) is 0 Å². The summed E-state index contributed by atoms with van der Waals surface area (Å²) in [7, 11) is 1.11. The number of thioether (sulfide) groups is 1. The Morgan fingerprint density at radius 2 is 2.16 bits per heavy atom. The van der Waals surface area contributed by atoms with Crippen LogP contribution in [-0.2, 0) is 10.6 Å². The van der Waals surface area contributed by atoms with Crippen molar-refractivity contribution in [2.24, 2.45) is 0 Å². The number of rotatable bonds is 3. The van der Waals surface area contributed by atoms with Gasteiger partial charge in [0.1, 0.15) is 6.07 Å². The molecule has 0 unspecified atom stereocenters. The van der Waals surface area contributed by atoms with Gasteiger partial charge in [-0.25, -0.2) is 4.79 Å². The van der Waals surface area contributed by atoms with E-state index in [0.717, 1.165) is 19.2 Å². The maximum atomic E-state index is 12.4. The Bertz CT molecular complexity index is 540. The highest BCUT2D eigenvalue weighted by Gasteiger charge is 2.31. The van der Waals surface area contributed by atoms with E-state index in [1.165, 1.54) is 0 Å². The van der Waals surface area contributed by atoms with Gasteiger partial charge in [-0.15, -0.1) is 11.6 Å². The number of esters is 1. The normalized spacial score (nSPS) is 10.9. The topological polar surface area (TPSA) is 50.1 Å². The largest absolute Gasteiger partial charge is 0.465 e. The van der Waals surface area contributed by atoms with E-state index in [1.807, 2.05) is 0 Å². The van der Waals surface area contributed by atoms with Gasteiger partial charge in [0.05, 0.1) is 18.2 Å². The summed E-state index contributed by atoms with van der Waals surface area (Å²) in [5, 5.41) is 8.99. The molecule has 1 aromatic carbocycles. The summed E-state index contributed by atoms with van der Waals surface area (Å²) in [6.07, 6.45) is 0. The molecular formula is C11H7ClF3NO2S. The van der Waals surface area contributed by atoms with Crippen LogP contribution >= 0.6 is 23.4 Å². The molecule has 0 atom stereocenters. The Morgan fingerprint density at radius 1 is 1.53 bits per heavy atom. The van der Waals surface area contributed by atoms with Crippen molar-refractivity contribution in [3.8, 4) is 6.07 Å². The molecule has 0 saturated heterocycles. The van der Waals surface area contributed by atoms with Gasteiger partial charge in [-0.1, -0.05) is 0 Å². The number of halogens is 4. The van der Waals surface area contributed by atoms with E-state index in [0.29, 0.717) is 0 Å². The lowest BCUT2D eigenvalue weighted by molar-refractivity contribution is -0.0328. The fourth-order valence-corrected chi connectivity index (χ4v) is 2.43. The first-order chi connectivity index (χ1) is 8.84. The van der Waals surface area contributed by atoms with Gasteiger partial charge >= 0.3 is 11.5 Å². The number of nitrogens with zero attached hydrogens (tertiary/aromatic N) is 1. The number of ether oxygens (including phenoxy) is 1. The molecule has 8 heteroatoms. The third-order valence-corrected chi connectivity index (χ3v) is 3.25. The molecule has 0 fully saturated rings. The minimum atomic E-state index is -4.50. The van der Waals surface area contributed by atoms with Crippen LogP contribution in [0.1, 0.15) is 21.5 Å². The monoisotopic (exact) mass is 309 g/mol. The minimum Gasteiger partial charge on any atom is -0.465 e. The van der Waals surface area contributed by atoms with Crippen LogP contribution in [0.2, 0.25) is 0 Å². The van der Waals surface area contributed by atoms with E-state index in [4.69, 9.17) is 16.9 Å². The number of carbonyl (C=O) groups is 1. The molecule has 0 spiro atoms. The van der Waals surface area contributed by atoms with E-state index in [1.54, 1.807) is 6.07 Å². The molecule has 1 rings (SSSR count). The van der Waals surface area contributed by atoms with Crippen molar-refractivity contribution < 1.29 is 22.7 Å². The van der Waals surface area contributed by atoms with Crippen LogP contribution in [0.15, 0.2) is 17.0 Å². The quantitative estimate of drug-likeness (QED) is 0.485. The first kappa shape index (κ1) is 15.7. The predicted molar refractivity (Wildman–Crippen MR) is 64.0 cm³/mol. The number of hydrogen-bond acceptors (Lipinski definition) is 4. The first-order valence-corrected chi connectivity index (χ1v) is 6.15. The standard InChI is InChI=1S/C11H7ClF3NO2S/c1-18-10(17)6-2-3-9(19-11(13,14)15)7(4-12)8(6)5-16/h2-3H,4H2,1H3. The third kappa shape index (κ3) is 3.78. The zero-order chi connectivity index (χ0) is 14.6. The molecule has 19 heavy (non-hydrogen) atoms. The number of methoxy groups -OCH3 is 1. The van der Waals surface area contributed by atoms with E-state index >= 15 is 0 Å². The molecule has 3 nitrogen and oxygen atoms in total. The summed E-state index contributed by atoms with van der Waals surface area (Å²) in [6.45, 7) is 0. The average molecular weight is 310 g/mol. The van der Waals surface area contributed by atoms with Crippen molar-refractivity contribution in [1.29, 1.82) is 5.26 Å². The van der Waals surface area contributed by atoms with Gasteiger partial charge in [0.2, 0.25) is 0 Å². The van der Waals surface area contributed by atoms with Crippen molar-refractivity contribution in [1.82, 2.24) is 0 Å². The Labute approximate surface area is 116 Å². The Hall–Kier alpha value is -1.39. The molecule has 102 valence electrons. The van der Waals surface area contributed by atoms with E-state index in [9.17, 15) is 18.0 Å². The molecule has 0 heterocycles. The maximum Gasteiger partial charge on any atom is 0.446 e. The number of benzene rings is 1. The van der Waals surface area contributed by atoms with E-state index < -0.39 is 11.5 Å². The first-order valence-electron chi connectivity index (χ1n) is 4.80. The maximum absolute atomic E-state index is 12.4. The number of nitriles is 1. The second-order valence-electron chi connectivity index (χ2n) is 3.25. The van der Waals surface area contributed by atoms with Crippen LogP contribution in [0, 0.1) is 11.3 Å². The number of alkyl halides is 4. The van der Waals surface area contributed by atoms with Crippen molar-refractivity contribution in [2.45, 2.75) is 16.3 Å². The Morgan fingerprint density at radius 3 is 2.58 bits per heavy atom. The van der Waals surface area contributed by atoms with E-state index in [-0.39, 0.29) is 39.2 Å². The smallest absolute Gasteiger partial charge is 0.446 e. The fourth-order valence-electron chi connectivity index (χ4n) is 1.39. The Balaban J connectivity index is 3.40. The molecule has 0 N–H and O–H groups in total. The summed E-state index contributed by atoms with van der Waals surface area (Å²) < 4.78 is 41.5. The third-order valence-electron chi connectivity index (χ3n) is 2.15. The van der Waals surface area contributed by atoms with Crippen LogP contribution in [-0.4, -0.2) is 18.6 Å². The van der Waals surface area contributed by atoms with Crippen molar-refractivity contribution in [3.63, 3.8) is 0 Å². The fraction of sp³-hybridized carbons (Fsp3) is 0.273. The van der Waals surface area contributed by atoms with Crippen molar-refractivity contribution in [3.05, 3.63) is 28.8 Å². The van der Waals surface area contributed by atoms with Gasteiger partial charge in [-0.3, -0.25) is 0 Å². The summed E-state index contributed by atoms with van der Waals surface area (Å²) in [4.78, 5) is 11.2. The summed E-state index contributed by atoms with van der Waals surface area (Å²) in [5.41, 5.74) is -4.84. The zero-order valence-corrected chi connectivity index (χ0v) is 11.1. The molecule has 0 saturated carbocycles. The average Bonchev–Trinajstić information content (AvgIpc) is 2.35. The van der Waals surface area contributed by atoms with Crippen molar-refractivity contribution in [2.75, 3.05) is 7.11 Å². The molecule has 0 radical (unpaired) electrons. The second kappa shape index (κ2) is 6.17. The van der Waals surface area contributed by atoms with Crippen LogP contribution < -0.4 is 0 Å². The SMILES string of the molecule is COC(=O)c1ccc(SC(F)(F)F)c(CCl)c1C#N. The predicted octanol–water partition coefficient (Wildman–Crippen LogP) is 3.70. The molecule has 1 aromatic rings. The minimum absolute atomic E-state index is 0.0330. The number of hydrogen-bond donors (Lipinski definition) is 0. The lowest BCUT2D eigenvalue weighted by Gasteiger charge is -2.12. The van der Waals surface area contributed by atoms with Gasteiger partial charge in [-0.05, 0) is 29.5 Å². The molecule has 0 aromatic heterocycles. The van der Waals surface area contributed by atoms with Gasteiger partial charge < -0.3 is 4.74 Å². The van der Waals surface area contributed by atoms with Gasteiger partial charge in [0.15, 0.2) is 0 Å². The van der Waals surface area contributed by atoms with Gasteiger partial charge in [-0.2, -0.15) is 18.4 Å². The van der Waals surface area contributed by atoms with Crippen LogP contribution in [0.3, 0.4) is 0 Å². The highest BCUT2D eigenvalue weighted by Crippen LogP contribution is 2.40. The molecule has 0 aliphatic rings. The molecule has 0 bridgehead atoms. The lowest BCUT2D eigenvalue weighted by atomic mass is 10.0. The van der Waals surface area contributed by atoms with Gasteiger partial charge in [0.25, 0.3) is 0 Å². The summed E-state index contributed by atoms with van der Waals surface area (Å²) >= 11 is 5.20. The zero-order valence-electron chi connectivity index (χ0n) is 9.55. The molecule has 0 aliphatic carbocycles. The second-order valence-corrected chi connectivity index (χ2v) is 4.62.